The Bertz CT molecular complexity index is 181. The molecule has 0 aromatic rings. The minimum atomic E-state index is -0.747. The molecule has 3 nitrogen and oxygen atoms in total. The quantitative estimate of drug-likeness (QED) is 0.640. The number of carbonyl (C=O) groups is 1. The van der Waals surface area contributed by atoms with Gasteiger partial charge in [-0.15, -0.1) is 0 Å². The lowest BCUT2D eigenvalue weighted by Crippen LogP contribution is -2.19. The summed E-state index contributed by atoms with van der Waals surface area (Å²) in [5.41, 5.74) is 0. The molecule has 0 rings (SSSR count). The number of carboxylic acid groups (broad SMARTS) is 1. The Balaban J connectivity index is 3.82. The molecule has 0 aliphatic rings. The minimum absolute atomic E-state index is 0.154. The van der Waals surface area contributed by atoms with E-state index in [9.17, 15) is 4.79 Å². The molecule has 0 aliphatic carbocycles. The molecule has 0 saturated carbocycles. The molecule has 0 aliphatic heterocycles. The molecule has 0 aromatic heterocycles. The fourth-order valence-electron chi connectivity index (χ4n) is 1.14. The smallest absolute Gasteiger partial charge is 0.306 e. The van der Waals surface area contributed by atoms with Crippen molar-refractivity contribution in [2.75, 3.05) is 0 Å². The summed E-state index contributed by atoms with van der Waals surface area (Å²) in [5.74, 6) is -0.887. The van der Waals surface area contributed by atoms with Gasteiger partial charge in [0.05, 0.1) is 12.0 Å². The molecule has 0 amide bonds. The van der Waals surface area contributed by atoms with E-state index in [-0.39, 0.29) is 11.8 Å². The van der Waals surface area contributed by atoms with Crippen molar-refractivity contribution < 1.29 is 9.90 Å². The van der Waals surface area contributed by atoms with Crippen molar-refractivity contribution >= 4 is 5.97 Å². The Morgan fingerprint density at radius 3 is 2.50 bits per heavy atom. The van der Waals surface area contributed by atoms with Crippen molar-refractivity contribution in [2.45, 2.75) is 33.1 Å². The Kier molecular flexibility index (Phi) is 5.11. The van der Waals surface area contributed by atoms with Crippen molar-refractivity contribution in [3.63, 3.8) is 0 Å². The summed E-state index contributed by atoms with van der Waals surface area (Å²) in [6.45, 7) is 3.79. The van der Waals surface area contributed by atoms with Gasteiger partial charge in [0.25, 0.3) is 0 Å². The zero-order valence-electron chi connectivity index (χ0n) is 7.58. The predicted octanol–water partition coefficient (Wildman–Crippen LogP) is 2.04. The molecular formula is C9H15NO2. The average molecular weight is 169 g/mol. The molecule has 0 spiro atoms. The van der Waals surface area contributed by atoms with Crippen LogP contribution in [0.15, 0.2) is 0 Å². The normalized spacial score (nSPS) is 12.5. The van der Waals surface area contributed by atoms with Gasteiger partial charge in [-0.05, 0) is 18.8 Å². The molecule has 3 heteroatoms. The number of carboxylic acids is 1. The van der Waals surface area contributed by atoms with Crippen molar-refractivity contribution in [1.82, 2.24) is 0 Å². The van der Waals surface area contributed by atoms with Crippen LogP contribution in [0.25, 0.3) is 0 Å². The number of hydrogen-bond donors (Lipinski definition) is 1. The van der Waals surface area contributed by atoms with Crippen LogP contribution in [0.1, 0.15) is 33.1 Å². The summed E-state index contributed by atoms with van der Waals surface area (Å²) in [4.78, 5) is 10.7. The molecular weight excluding hydrogens is 154 g/mol. The molecule has 68 valence electrons. The van der Waals surface area contributed by atoms with E-state index < -0.39 is 5.97 Å². The lowest BCUT2D eigenvalue weighted by atomic mass is 9.91. The summed E-state index contributed by atoms with van der Waals surface area (Å²) in [6.07, 6.45) is 1.75. The van der Waals surface area contributed by atoms with Gasteiger partial charge in [0, 0.05) is 6.42 Å². The van der Waals surface area contributed by atoms with Crippen LogP contribution in [0.3, 0.4) is 0 Å². The summed E-state index contributed by atoms with van der Waals surface area (Å²) in [7, 11) is 0. The first kappa shape index (κ1) is 11.0. The lowest BCUT2D eigenvalue weighted by Gasteiger charge is -2.14. The molecule has 0 radical (unpaired) electrons. The van der Waals surface area contributed by atoms with Crippen LogP contribution >= 0.6 is 0 Å². The van der Waals surface area contributed by atoms with E-state index in [0.29, 0.717) is 19.3 Å². The van der Waals surface area contributed by atoms with Crippen LogP contribution in [0.5, 0.6) is 0 Å². The van der Waals surface area contributed by atoms with E-state index in [1.54, 1.807) is 0 Å². The number of unbranched alkanes of at least 4 members (excludes halogenated alkanes) is 1. The van der Waals surface area contributed by atoms with E-state index in [2.05, 4.69) is 0 Å². The highest BCUT2D eigenvalue weighted by Crippen LogP contribution is 2.17. The SMILES string of the molecule is CC(C)C(CCCC#N)C(=O)O. The molecule has 0 heterocycles. The Hall–Kier alpha value is -1.04. The third kappa shape index (κ3) is 3.97. The predicted molar refractivity (Wildman–Crippen MR) is 45.4 cm³/mol. The monoisotopic (exact) mass is 169 g/mol. The number of rotatable bonds is 5. The van der Waals surface area contributed by atoms with Crippen LogP contribution < -0.4 is 0 Å². The van der Waals surface area contributed by atoms with E-state index in [4.69, 9.17) is 10.4 Å². The second kappa shape index (κ2) is 5.59. The highest BCUT2D eigenvalue weighted by Gasteiger charge is 2.20. The molecule has 1 unspecified atom stereocenters. The van der Waals surface area contributed by atoms with E-state index in [1.165, 1.54) is 0 Å². The zero-order valence-corrected chi connectivity index (χ0v) is 7.58. The summed E-state index contributed by atoms with van der Waals surface area (Å²) < 4.78 is 0. The lowest BCUT2D eigenvalue weighted by molar-refractivity contribution is -0.143. The van der Waals surface area contributed by atoms with Gasteiger partial charge in [-0.25, -0.2) is 0 Å². The van der Waals surface area contributed by atoms with E-state index >= 15 is 0 Å². The third-order valence-corrected chi connectivity index (χ3v) is 1.93. The van der Waals surface area contributed by atoms with Gasteiger partial charge < -0.3 is 5.11 Å². The molecule has 0 bridgehead atoms. The van der Waals surface area contributed by atoms with Gasteiger partial charge in [0.1, 0.15) is 0 Å². The van der Waals surface area contributed by atoms with Crippen molar-refractivity contribution in [3.8, 4) is 6.07 Å². The molecule has 0 saturated heterocycles. The van der Waals surface area contributed by atoms with Gasteiger partial charge in [-0.1, -0.05) is 13.8 Å². The van der Waals surface area contributed by atoms with Crippen molar-refractivity contribution in [3.05, 3.63) is 0 Å². The highest BCUT2D eigenvalue weighted by molar-refractivity contribution is 5.70. The van der Waals surface area contributed by atoms with E-state index in [1.807, 2.05) is 19.9 Å². The second-order valence-corrected chi connectivity index (χ2v) is 3.24. The molecule has 0 aromatic carbocycles. The van der Waals surface area contributed by atoms with Crippen LogP contribution in [-0.4, -0.2) is 11.1 Å². The van der Waals surface area contributed by atoms with E-state index in [0.717, 1.165) is 0 Å². The number of aliphatic carboxylic acids is 1. The first-order chi connectivity index (χ1) is 5.59. The summed E-state index contributed by atoms with van der Waals surface area (Å²) >= 11 is 0. The van der Waals surface area contributed by atoms with Gasteiger partial charge in [-0.2, -0.15) is 5.26 Å². The van der Waals surface area contributed by atoms with Gasteiger partial charge in [0.2, 0.25) is 0 Å². The maximum absolute atomic E-state index is 10.7. The molecule has 0 fully saturated rings. The summed E-state index contributed by atoms with van der Waals surface area (Å²) in [6, 6.07) is 2.01. The summed E-state index contributed by atoms with van der Waals surface area (Å²) in [5, 5.41) is 17.0. The third-order valence-electron chi connectivity index (χ3n) is 1.93. The molecule has 1 atom stereocenters. The minimum Gasteiger partial charge on any atom is -0.481 e. The first-order valence-corrected chi connectivity index (χ1v) is 4.19. The Morgan fingerprint density at radius 2 is 2.17 bits per heavy atom. The standard InChI is InChI=1S/C9H15NO2/c1-7(2)8(9(11)12)5-3-4-6-10/h7-8H,3-5H2,1-2H3,(H,11,12). The largest absolute Gasteiger partial charge is 0.481 e. The number of hydrogen-bond acceptors (Lipinski definition) is 2. The van der Waals surface area contributed by atoms with Crippen LogP contribution in [0, 0.1) is 23.2 Å². The van der Waals surface area contributed by atoms with Gasteiger partial charge in [-0.3, -0.25) is 4.79 Å². The number of nitrogens with zero attached hydrogens (tertiary/aromatic N) is 1. The fraction of sp³-hybridized carbons (Fsp3) is 0.778. The molecule has 12 heavy (non-hydrogen) atoms. The maximum Gasteiger partial charge on any atom is 0.306 e. The maximum atomic E-state index is 10.7. The van der Waals surface area contributed by atoms with Crippen molar-refractivity contribution in [1.29, 1.82) is 5.26 Å². The average Bonchev–Trinajstić information content (AvgIpc) is 1.96. The van der Waals surface area contributed by atoms with Crippen molar-refractivity contribution in [2.24, 2.45) is 11.8 Å². The second-order valence-electron chi connectivity index (χ2n) is 3.24. The number of nitriles is 1. The fourth-order valence-corrected chi connectivity index (χ4v) is 1.14. The van der Waals surface area contributed by atoms with Gasteiger partial charge in [0.15, 0.2) is 0 Å². The highest BCUT2D eigenvalue weighted by atomic mass is 16.4. The molecule has 1 N–H and O–H groups in total. The van der Waals surface area contributed by atoms with Gasteiger partial charge >= 0.3 is 5.97 Å². The van der Waals surface area contributed by atoms with Crippen LogP contribution in [0.2, 0.25) is 0 Å². The zero-order chi connectivity index (χ0) is 9.56. The first-order valence-electron chi connectivity index (χ1n) is 4.19. The Labute approximate surface area is 73.0 Å². The Morgan fingerprint density at radius 1 is 1.58 bits per heavy atom. The van der Waals surface area contributed by atoms with Crippen LogP contribution in [0.4, 0.5) is 0 Å². The van der Waals surface area contributed by atoms with Crippen LogP contribution in [-0.2, 0) is 4.79 Å². The topological polar surface area (TPSA) is 61.1 Å².